The summed E-state index contributed by atoms with van der Waals surface area (Å²) in [6, 6.07) is 4.97. The Morgan fingerprint density at radius 3 is 2.63 bits per heavy atom. The predicted molar refractivity (Wildman–Crippen MR) is 126 cm³/mol. The standard InChI is InChI=1S/C25H33ClFNO7/c1-14-12-33-13-25(26)20(35-25)10-18(17(27)9-16-7-5-6-8-28-16)34-21(30)11-19(29)24(3,4)23(32)15(2)22(14)31/h5-9,14-15,18-20,22,29,31H,10-13H2,1-4H3/b17-9-/t14-,15-,18-,19+,20?,22-,25?/m1/s1. The van der Waals surface area contributed by atoms with Crippen molar-refractivity contribution in [1.29, 1.82) is 0 Å². The van der Waals surface area contributed by atoms with Crippen LogP contribution in [0.25, 0.3) is 6.08 Å². The van der Waals surface area contributed by atoms with Crippen molar-refractivity contribution in [3.63, 3.8) is 0 Å². The number of aliphatic hydroxyl groups excluding tert-OH is 2. The molecule has 3 heterocycles. The van der Waals surface area contributed by atoms with Gasteiger partial charge in [0.1, 0.15) is 17.7 Å². The molecule has 0 aromatic carbocycles. The zero-order valence-corrected chi connectivity index (χ0v) is 21.1. The molecule has 3 rings (SSSR count). The van der Waals surface area contributed by atoms with Gasteiger partial charge in [0.2, 0.25) is 0 Å². The largest absolute Gasteiger partial charge is 0.455 e. The highest BCUT2D eigenvalue weighted by molar-refractivity contribution is 6.25. The fourth-order valence-electron chi connectivity index (χ4n) is 4.16. The Bertz CT molecular complexity index is 943. The molecule has 2 aliphatic rings. The second-order valence-corrected chi connectivity index (χ2v) is 10.6. The molecule has 8 nitrogen and oxygen atoms in total. The fourth-order valence-corrected chi connectivity index (χ4v) is 4.44. The third kappa shape index (κ3) is 6.65. The van der Waals surface area contributed by atoms with Crippen LogP contribution in [0.3, 0.4) is 0 Å². The van der Waals surface area contributed by atoms with E-state index in [0.717, 1.165) is 6.08 Å². The molecule has 1 aromatic heterocycles. The third-order valence-electron chi connectivity index (χ3n) is 6.76. The van der Waals surface area contributed by atoms with E-state index in [1.165, 1.54) is 20.0 Å². The van der Waals surface area contributed by atoms with E-state index in [-0.39, 0.29) is 19.6 Å². The van der Waals surface area contributed by atoms with Gasteiger partial charge in [-0.25, -0.2) is 4.39 Å². The van der Waals surface area contributed by atoms with Crippen LogP contribution in [-0.2, 0) is 23.8 Å². The topological polar surface area (TPSA) is 118 Å². The Morgan fingerprint density at radius 1 is 1.26 bits per heavy atom. The minimum atomic E-state index is -1.41. The summed E-state index contributed by atoms with van der Waals surface area (Å²) in [5, 5.41) is 20.2. The van der Waals surface area contributed by atoms with Crippen LogP contribution in [0.4, 0.5) is 4.39 Å². The second-order valence-electron chi connectivity index (χ2n) is 9.97. The molecule has 2 unspecified atom stereocenters. The number of aliphatic hydroxyl groups is 2. The molecule has 7 atom stereocenters. The normalized spacial score (nSPS) is 37.3. The van der Waals surface area contributed by atoms with Crippen molar-refractivity contribution in [2.24, 2.45) is 17.3 Å². The van der Waals surface area contributed by atoms with Crippen molar-refractivity contribution in [2.75, 3.05) is 13.2 Å². The summed E-state index contributed by atoms with van der Waals surface area (Å²) in [4.78, 5) is 29.8. The van der Waals surface area contributed by atoms with Crippen LogP contribution in [-0.4, -0.2) is 69.6 Å². The molecule has 194 valence electrons. The van der Waals surface area contributed by atoms with Crippen LogP contribution in [0.1, 0.15) is 46.2 Å². The molecular weight excluding hydrogens is 481 g/mol. The number of esters is 1. The lowest BCUT2D eigenvalue weighted by Crippen LogP contribution is -2.46. The summed E-state index contributed by atoms with van der Waals surface area (Å²) in [5.74, 6) is -3.31. The third-order valence-corrected chi connectivity index (χ3v) is 7.20. The number of pyridine rings is 1. The van der Waals surface area contributed by atoms with E-state index in [1.54, 1.807) is 32.0 Å². The predicted octanol–water partition coefficient (Wildman–Crippen LogP) is 3.04. The van der Waals surface area contributed by atoms with Crippen LogP contribution >= 0.6 is 11.6 Å². The van der Waals surface area contributed by atoms with E-state index in [1.807, 2.05) is 0 Å². The van der Waals surface area contributed by atoms with Gasteiger partial charge in [-0.2, -0.15) is 0 Å². The fraction of sp³-hybridized carbons (Fsp3) is 0.640. The van der Waals surface area contributed by atoms with Gasteiger partial charge in [0.15, 0.2) is 11.2 Å². The number of rotatable bonds is 2. The van der Waals surface area contributed by atoms with Gasteiger partial charge < -0.3 is 24.4 Å². The molecule has 1 aromatic rings. The molecule has 0 saturated carbocycles. The number of cyclic esters (lactones) is 1. The molecule has 2 aliphatic heterocycles. The first-order chi connectivity index (χ1) is 16.3. The first-order valence-corrected chi connectivity index (χ1v) is 12.1. The smallest absolute Gasteiger partial charge is 0.309 e. The number of fused-ring (bicyclic) bond motifs is 1. The number of hydrogen-bond donors (Lipinski definition) is 2. The van der Waals surface area contributed by atoms with Crippen molar-refractivity contribution in [3.05, 3.63) is 35.9 Å². The average molecular weight is 514 g/mol. The molecule has 0 spiro atoms. The molecule has 0 amide bonds. The Hall–Kier alpha value is -1.91. The molecule has 10 heteroatoms. The number of carbonyl (C=O) groups excluding carboxylic acids is 2. The van der Waals surface area contributed by atoms with E-state index in [2.05, 4.69) is 4.98 Å². The van der Waals surface area contributed by atoms with Crippen LogP contribution in [0.5, 0.6) is 0 Å². The van der Waals surface area contributed by atoms with Gasteiger partial charge in [-0.15, -0.1) is 0 Å². The minimum Gasteiger partial charge on any atom is -0.455 e. The highest BCUT2D eigenvalue weighted by Crippen LogP contribution is 2.45. The van der Waals surface area contributed by atoms with Crippen molar-refractivity contribution in [3.8, 4) is 0 Å². The number of Topliss-reactive ketones (excluding diaryl/α,β-unsaturated/α-hetero) is 1. The Kier molecular flexibility index (Phi) is 8.70. The number of ether oxygens (including phenoxy) is 3. The summed E-state index contributed by atoms with van der Waals surface area (Å²) >= 11 is 6.44. The monoisotopic (exact) mass is 513 g/mol. The van der Waals surface area contributed by atoms with Crippen LogP contribution in [0.2, 0.25) is 0 Å². The minimum absolute atomic E-state index is 0.0327. The highest BCUT2D eigenvalue weighted by atomic mass is 35.5. The highest BCUT2D eigenvalue weighted by Gasteiger charge is 2.57. The first-order valence-electron chi connectivity index (χ1n) is 11.7. The van der Waals surface area contributed by atoms with Crippen molar-refractivity contribution >= 4 is 29.4 Å². The molecular formula is C25H33ClFNO7. The summed E-state index contributed by atoms with van der Waals surface area (Å²) in [5.41, 5.74) is -1.03. The lowest BCUT2D eigenvalue weighted by atomic mass is 9.73. The Balaban J connectivity index is 1.86. The summed E-state index contributed by atoms with van der Waals surface area (Å²) in [7, 11) is 0. The van der Waals surface area contributed by atoms with Gasteiger partial charge in [-0.3, -0.25) is 14.6 Å². The molecule has 2 saturated heterocycles. The SMILES string of the molecule is C[C@@H]1COCC2(Cl)OC2C[C@H](/C(F)=C/c2ccccn2)OC(=O)C[C@H](O)C(C)(C)C(=O)[C@H](C)[C@@H]1O. The van der Waals surface area contributed by atoms with Crippen molar-refractivity contribution in [1.82, 2.24) is 4.98 Å². The number of nitrogens with zero attached hydrogens (tertiary/aromatic N) is 1. The van der Waals surface area contributed by atoms with E-state index in [9.17, 15) is 19.8 Å². The van der Waals surface area contributed by atoms with Crippen molar-refractivity contribution < 1.29 is 38.4 Å². The van der Waals surface area contributed by atoms with E-state index in [4.69, 9.17) is 25.8 Å². The second kappa shape index (κ2) is 11.0. The molecule has 2 N–H and O–H groups in total. The summed E-state index contributed by atoms with van der Waals surface area (Å²) in [6.45, 7) is 6.38. The van der Waals surface area contributed by atoms with Gasteiger partial charge >= 0.3 is 5.97 Å². The van der Waals surface area contributed by atoms with Gasteiger partial charge in [-0.1, -0.05) is 45.4 Å². The zero-order valence-electron chi connectivity index (χ0n) is 20.3. The van der Waals surface area contributed by atoms with Gasteiger partial charge in [0, 0.05) is 24.5 Å². The van der Waals surface area contributed by atoms with E-state index in [0.29, 0.717) is 5.69 Å². The maximum atomic E-state index is 15.2. The first kappa shape index (κ1) is 27.7. The average Bonchev–Trinajstić information content (AvgIpc) is 3.45. The number of halogens is 2. The number of carbonyl (C=O) groups is 2. The molecule has 35 heavy (non-hydrogen) atoms. The zero-order chi connectivity index (χ0) is 26.0. The van der Waals surface area contributed by atoms with E-state index < -0.39 is 70.7 Å². The maximum Gasteiger partial charge on any atom is 0.309 e. The lowest BCUT2D eigenvalue weighted by Gasteiger charge is -2.34. The van der Waals surface area contributed by atoms with Crippen LogP contribution < -0.4 is 0 Å². The number of epoxide rings is 1. The molecule has 2 fully saturated rings. The quantitative estimate of drug-likeness (QED) is 0.352. The van der Waals surface area contributed by atoms with Crippen LogP contribution in [0, 0.1) is 17.3 Å². The van der Waals surface area contributed by atoms with Crippen molar-refractivity contribution in [2.45, 2.75) is 70.0 Å². The molecule has 0 radical (unpaired) electrons. The summed E-state index contributed by atoms with van der Waals surface area (Å²) in [6.07, 6.45) is -2.40. The number of aromatic nitrogens is 1. The van der Waals surface area contributed by atoms with Crippen LogP contribution in [0.15, 0.2) is 30.2 Å². The molecule has 0 bridgehead atoms. The molecule has 0 aliphatic carbocycles. The maximum absolute atomic E-state index is 15.2. The van der Waals surface area contributed by atoms with Gasteiger partial charge in [0.05, 0.1) is 43.0 Å². The number of alkyl halides is 1. The van der Waals surface area contributed by atoms with Gasteiger partial charge in [-0.05, 0) is 18.2 Å². The van der Waals surface area contributed by atoms with E-state index >= 15 is 4.39 Å². The Labute approximate surface area is 209 Å². The van der Waals surface area contributed by atoms with Gasteiger partial charge in [0.25, 0.3) is 0 Å². The summed E-state index contributed by atoms with van der Waals surface area (Å²) < 4.78 is 31.7. The Morgan fingerprint density at radius 2 is 1.97 bits per heavy atom. The lowest BCUT2D eigenvalue weighted by molar-refractivity contribution is -0.155. The number of ketones is 1. The number of hydrogen-bond acceptors (Lipinski definition) is 8.